The van der Waals surface area contributed by atoms with Crippen molar-refractivity contribution in [3.05, 3.63) is 28.8 Å². The molecule has 28 heavy (non-hydrogen) atoms. The van der Waals surface area contributed by atoms with Gasteiger partial charge in [-0.3, -0.25) is 0 Å². The average Bonchev–Trinajstić information content (AvgIpc) is 2.66. The van der Waals surface area contributed by atoms with E-state index in [0.29, 0.717) is 18.0 Å². The maximum Gasteiger partial charge on any atom is 0.0424 e. The van der Waals surface area contributed by atoms with Gasteiger partial charge in [0.2, 0.25) is 0 Å². The predicted octanol–water partition coefficient (Wildman–Crippen LogP) is 7.36. The van der Waals surface area contributed by atoms with Crippen molar-refractivity contribution >= 4 is 17.5 Å². The van der Waals surface area contributed by atoms with Crippen LogP contribution in [-0.2, 0) is 6.42 Å². The average molecular weight is 383 g/mol. The van der Waals surface area contributed by atoms with Crippen LogP contribution in [0.5, 0.6) is 0 Å². The highest BCUT2D eigenvalue weighted by Gasteiger charge is 2.30. The molecule has 2 nitrogen and oxygen atoms in total. The number of benzene rings is 1. The Morgan fingerprint density at radius 3 is 1.96 bits per heavy atom. The first-order chi connectivity index (χ1) is 13.5. The van der Waals surface area contributed by atoms with Crippen molar-refractivity contribution in [1.82, 2.24) is 0 Å². The van der Waals surface area contributed by atoms with Gasteiger partial charge in [-0.2, -0.15) is 0 Å². The summed E-state index contributed by atoms with van der Waals surface area (Å²) >= 11 is 0. The number of rotatable bonds is 6. The molecule has 0 atom stereocenters. The molecular weight excluding hydrogens is 340 g/mol. The molecule has 2 N–H and O–H groups in total. The van der Waals surface area contributed by atoms with Crippen molar-refractivity contribution in [2.24, 2.45) is 5.92 Å². The summed E-state index contributed by atoms with van der Waals surface area (Å²) < 4.78 is 0. The van der Waals surface area contributed by atoms with Gasteiger partial charge in [-0.15, -0.1) is 0 Å². The lowest BCUT2D eigenvalue weighted by atomic mass is 9.86. The zero-order valence-electron chi connectivity index (χ0n) is 18.8. The van der Waals surface area contributed by atoms with Crippen LogP contribution in [0, 0.1) is 5.92 Å². The number of anilines is 2. The van der Waals surface area contributed by atoms with Crippen LogP contribution in [0.4, 0.5) is 11.4 Å². The Morgan fingerprint density at radius 2 is 1.50 bits per heavy atom. The quantitative estimate of drug-likeness (QED) is 0.521. The molecule has 0 bridgehead atoms. The summed E-state index contributed by atoms with van der Waals surface area (Å²) in [6.07, 6.45) is 17.2. The minimum Gasteiger partial charge on any atom is -0.398 e. The van der Waals surface area contributed by atoms with E-state index < -0.39 is 0 Å². The number of allylic oxidation sites excluding steroid dienone is 1. The molecule has 0 amide bonds. The zero-order valence-corrected chi connectivity index (χ0v) is 18.8. The summed E-state index contributed by atoms with van der Waals surface area (Å²) in [6.45, 7) is 9.00. The lowest BCUT2D eigenvalue weighted by molar-refractivity contribution is 0.339. The van der Waals surface area contributed by atoms with Crippen LogP contribution in [0.25, 0.3) is 6.08 Å². The van der Waals surface area contributed by atoms with Crippen LogP contribution in [0.3, 0.4) is 0 Å². The zero-order chi connectivity index (χ0) is 20.1. The molecule has 0 spiro atoms. The highest BCUT2D eigenvalue weighted by molar-refractivity contribution is 5.74. The van der Waals surface area contributed by atoms with Crippen molar-refractivity contribution in [2.45, 2.75) is 110 Å². The summed E-state index contributed by atoms with van der Waals surface area (Å²) in [5, 5.41) is 0. The van der Waals surface area contributed by atoms with Gasteiger partial charge in [0.25, 0.3) is 0 Å². The third kappa shape index (κ3) is 5.33. The van der Waals surface area contributed by atoms with E-state index in [9.17, 15) is 0 Å². The van der Waals surface area contributed by atoms with E-state index in [-0.39, 0.29) is 0 Å². The Hall–Kier alpha value is -1.44. The molecule has 1 aromatic carbocycles. The van der Waals surface area contributed by atoms with Crippen molar-refractivity contribution in [3.8, 4) is 0 Å². The first kappa shape index (κ1) is 21.3. The van der Waals surface area contributed by atoms with Gasteiger partial charge < -0.3 is 10.6 Å². The van der Waals surface area contributed by atoms with Crippen molar-refractivity contribution < 1.29 is 0 Å². The summed E-state index contributed by atoms with van der Waals surface area (Å²) in [5.41, 5.74) is 13.0. The number of nitrogens with two attached hydrogens (primary N) is 1. The van der Waals surface area contributed by atoms with E-state index >= 15 is 0 Å². The Morgan fingerprint density at radius 1 is 0.964 bits per heavy atom. The molecule has 0 saturated heterocycles. The van der Waals surface area contributed by atoms with E-state index in [0.717, 1.165) is 12.1 Å². The number of nitrogen functional groups attached to an aromatic ring is 1. The monoisotopic (exact) mass is 382 g/mol. The topological polar surface area (TPSA) is 29.3 Å². The van der Waals surface area contributed by atoms with Gasteiger partial charge in [0, 0.05) is 23.5 Å². The Balaban J connectivity index is 2.05. The fraction of sp³-hybridized carbons (Fsp3) is 0.692. The highest BCUT2D eigenvalue weighted by atomic mass is 15.2. The first-order valence-electron chi connectivity index (χ1n) is 11.8. The molecule has 2 heteroatoms. The van der Waals surface area contributed by atoms with Gasteiger partial charge in [-0.05, 0) is 75.1 Å². The van der Waals surface area contributed by atoms with E-state index in [1.807, 2.05) is 0 Å². The maximum absolute atomic E-state index is 6.60. The summed E-state index contributed by atoms with van der Waals surface area (Å²) in [6, 6.07) is 6.14. The first-order valence-corrected chi connectivity index (χ1v) is 11.8. The lowest BCUT2D eigenvalue weighted by Gasteiger charge is -2.44. The van der Waals surface area contributed by atoms with E-state index in [1.165, 1.54) is 86.6 Å². The van der Waals surface area contributed by atoms with Crippen LogP contribution >= 0.6 is 0 Å². The van der Waals surface area contributed by atoms with Crippen LogP contribution in [0.15, 0.2) is 17.7 Å². The summed E-state index contributed by atoms with van der Waals surface area (Å²) in [5.74, 6) is 0.654. The molecule has 0 radical (unpaired) electrons. The fourth-order valence-electron chi connectivity index (χ4n) is 5.36. The molecule has 0 heterocycles. The SMILES string of the molecule is CC(C)=Cc1cc(CC(C)C)c(N(C2CCCCC2)C2CCCCC2)cc1N. The molecule has 0 unspecified atom stereocenters. The maximum atomic E-state index is 6.60. The minimum atomic E-state index is 0.654. The van der Waals surface area contributed by atoms with Gasteiger partial charge in [0.1, 0.15) is 0 Å². The summed E-state index contributed by atoms with van der Waals surface area (Å²) in [7, 11) is 0. The lowest BCUT2D eigenvalue weighted by Crippen LogP contribution is -2.46. The molecule has 3 rings (SSSR count). The normalized spacial score (nSPS) is 19.0. The molecule has 2 aliphatic rings. The van der Waals surface area contributed by atoms with Crippen molar-refractivity contribution in [2.75, 3.05) is 10.6 Å². The molecule has 2 saturated carbocycles. The Labute approximate surface area is 173 Å². The number of hydrogen-bond donors (Lipinski definition) is 1. The molecule has 156 valence electrons. The predicted molar refractivity (Wildman–Crippen MR) is 125 cm³/mol. The molecule has 2 aliphatic carbocycles. The van der Waals surface area contributed by atoms with Crippen LogP contribution < -0.4 is 10.6 Å². The van der Waals surface area contributed by atoms with Crippen molar-refractivity contribution in [3.63, 3.8) is 0 Å². The molecule has 1 aromatic rings. The molecule has 2 fully saturated rings. The van der Waals surface area contributed by atoms with Crippen molar-refractivity contribution in [1.29, 1.82) is 0 Å². The van der Waals surface area contributed by atoms with Gasteiger partial charge >= 0.3 is 0 Å². The highest BCUT2D eigenvalue weighted by Crippen LogP contribution is 2.39. The third-order valence-electron chi connectivity index (χ3n) is 6.57. The van der Waals surface area contributed by atoms with E-state index in [1.54, 1.807) is 0 Å². The second-order valence-corrected chi connectivity index (χ2v) is 9.92. The van der Waals surface area contributed by atoms with E-state index in [2.05, 4.69) is 50.8 Å². The van der Waals surface area contributed by atoms with Gasteiger partial charge in [0.05, 0.1) is 0 Å². The van der Waals surface area contributed by atoms with E-state index in [4.69, 9.17) is 5.73 Å². The smallest absolute Gasteiger partial charge is 0.0424 e. The number of hydrogen-bond acceptors (Lipinski definition) is 2. The largest absolute Gasteiger partial charge is 0.398 e. The van der Waals surface area contributed by atoms with Gasteiger partial charge in [0.15, 0.2) is 0 Å². The second kappa shape index (κ2) is 9.85. The summed E-state index contributed by atoms with van der Waals surface area (Å²) in [4.78, 5) is 2.86. The van der Waals surface area contributed by atoms with Crippen LogP contribution in [0.1, 0.15) is 103 Å². The van der Waals surface area contributed by atoms with Crippen LogP contribution in [-0.4, -0.2) is 12.1 Å². The third-order valence-corrected chi connectivity index (χ3v) is 6.57. The standard InChI is InChI=1S/C26H42N2/c1-19(2)15-21-17-22(16-20(3)4)26(18-25(21)27)28(23-11-7-5-8-12-23)24-13-9-6-10-14-24/h15,17-18,20,23-24H,5-14,16,27H2,1-4H3. The van der Waals surface area contributed by atoms with Gasteiger partial charge in [-0.1, -0.05) is 64.0 Å². The molecule has 0 aromatic heterocycles. The Kier molecular flexibility index (Phi) is 7.48. The molecular formula is C26H42N2. The number of nitrogens with zero attached hydrogens (tertiary/aromatic N) is 1. The fourth-order valence-corrected chi connectivity index (χ4v) is 5.36. The minimum absolute atomic E-state index is 0.654. The van der Waals surface area contributed by atoms with Crippen LogP contribution in [0.2, 0.25) is 0 Å². The van der Waals surface area contributed by atoms with Gasteiger partial charge in [-0.25, -0.2) is 0 Å². The Bertz CT molecular complexity index is 639. The molecule has 0 aliphatic heterocycles. The second-order valence-electron chi connectivity index (χ2n) is 9.92.